The number of thiazole rings is 1. The van der Waals surface area contributed by atoms with Crippen molar-refractivity contribution in [2.45, 2.75) is 64.5 Å². The van der Waals surface area contributed by atoms with Crippen molar-refractivity contribution >= 4 is 34.1 Å². The van der Waals surface area contributed by atoms with Gasteiger partial charge in [0.15, 0.2) is 10.3 Å². The van der Waals surface area contributed by atoms with E-state index in [9.17, 15) is 4.79 Å². The molecular weight excluding hydrogens is 454 g/mol. The van der Waals surface area contributed by atoms with Gasteiger partial charge in [-0.1, -0.05) is 44.4 Å². The summed E-state index contributed by atoms with van der Waals surface area (Å²) in [6, 6.07) is 7.85. The Morgan fingerprint density at radius 1 is 1.12 bits per heavy atom. The molecule has 0 aliphatic carbocycles. The van der Waals surface area contributed by atoms with E-state index in [4.69, 9.17) is 4.74 Å². The first-order chi connectivity index (χ1) is 16.0. The molecule has 1 aromatic carbocycles. The monoisotopic (exact) mass is 487 g/mol. The number of hydrogen-bond donors (Lipinski definition) is 1. The van der Waals surface area contributed by atoms with Gasteiger partial charge in [0, 0.05) is 23.9 Å². The lowest BCUT2D eigenvalue weighted by atomic mass is 10.1. The van der Waals surface area contributed by atoms with Crippen molar-refractivity contribution < 1.29 is 9.53 Å². The summed E-state index contributed by atoms with van der Waals surface area (Å²) in [6.07, 6.45) is 7.07. The van der Waals surface area contributed by atoms with E-state index in [1.54, 1.807) is 0 Å². The summed E-state index contributed by atoms with van der Waals surface area (Å²) < 4.78 is 7.50. The fourth-order valence-corrected chi connectivity index (χ4v) is 5.04. The van der Waals surface area contributed by atoms with Crippen LogP contribution >= 0.6 is 23.1 Å². The van der Waals surface area contributed by atoms with Crippen molar-refractivity contribution in [2.24, 2.45) is 7.05 Å². The van der Waals surface area contributed by atoms with Crippen molar-refractivity contribution in [1.29, 1.82) is 0 Å². The summed E-state index contributed by atoms with van der Waals surface area (Å²) >= 11 is 2.88. The number of nitrogens with one attached hydrogen (secondary N) is 1. The normalized spacial score (nSPS) is 11.0. The average molecular weight is 488 g/mol. The summed E-state index contributed by atoms with van der Waals surface area (Å²) in [5, 5.41) is 12.9. The van der Waals surface area contributed by atoms with Crippen LogP contribution in [0.1, 0.15) is 56.7 Å². The molecule has 1 N–H and O–H groups in total. The first-order valence-corrected chi connectivity index (χ1v) is 13.3. The molecule has 0 saturated heterocycles. The van der Waals surface area contributed by atoms with Gasteiger partial charge in [-0.15, -0.1) is 21.5 Å². The van der Waals surface area contributed by atoms with Crippen molar-refractivity contribution in [3.8, 4) is 17.0 Å². The summed E-state index contributed by atoms with van der Waals surface area (Å²) in [4.78, 5) is 18.2. The highest BCUT2D eigenvalue weighted by Crippen LogP contribution is 2.31. The number of rotatable bonds is 13. The van der Waals surface area contributed by atoms with Crippen LogP contribution in [-0.2, 0) is 18.3 Å². The number of aromatic nitrogens is 4. The molecule has 7 nitrogen and oxygen atoms in total. The molecule has 0 bridgehead atoms. The molecule has 0 fully saturated rings. The number of anilines is 1. The van der Waals surface area contributed by atoms with Gasteiger partial charge >= 0.3 is 0 Å². The zero-order valence-electron chi connectivity index (χ0n) is 19.9. The second-order valence-electron chi connectivity index (χ2n) is 7.84. The highest BCUT2D eigenvalue weighted by molar-refractivity contribution is 7.99. The van der Waals surface area contributed by atoms with Crippen LogP contribution in [0.2, 0.25) is 0 Å². The number of hydrogen-bond acceptors (Lipinski definition) is 7. The predicted molar refractivity (Wildman–Crippen MR) is 136 cm³/mol. The number of thioether (sulfide) groups is 1. The standard InChI is InChI=1S/C24H33N5O2S2/c1-5-7-8-9-10-11-20-27-28-24(29(20)4)32-16-21(30)25-23-26-22(17(3)33-23)18-12-14-19(15-13-18)31-6-2/h12-15H,5-11,16H2,1-4H3,(H,25,26,30). The van der Waals surface area contributed by atoms with Gasteiger partial charge in [0.1, 0.15) is 11.6 Å². The van der Waals surface area contributed by atoms with Crippen LogP contribution in [0.25, 0.3) is 11.3 Å². The van der Waals surface area contributed by atoms with Crippen LogP contribution in [0.15, 0.2) is 29.4 Å². The summed E-state index contributed by atoms with van der Waals surface area (Å²) in [5.74, 6) is 1.98. The smallest absolute Gasteiger partial charge is 0.236 e. The minimum Gasteiger partial charge on any atom is -0.494 e. The Balaban J connectivity index is 1.51. The third-order valence-corrected chi connectivity index (χ3v) is 7.15. The van der Waals surface area contributed by atoms with Crippen molar-refractivity contribution in [3.05, 3.63) is 35.0 Å². The Morgan fingerprint density at radius 2 is 1.88 bits per heavy atom. The molecular formula is C24H33N5O2S2. The first kappa shape index (κ1) is 25.2. The summed E-state index contributed by atoms with van der Waals surface area (Å²) in [7, 11) is 1.97. The van der Waals surface area contributed by atoms with Gasteiger partial charge < -0.3 is 14.6 Å². The molecule has 33 heavy (non-hydrogen) atoms. The van der Waals surface area contributed by atoms with Crippen LogP contribution in [0.4, 0.5) is 5.13 Å². The molecule has 3 rings (SSSR count). The lowest BCUT2D eigenvalue weighted by Crippen LogP contribution is -2.14. The quantitative estimate of drug-likeness (QED) is 0.239. The SMILES string of the molecule is CCCCCCCc1nnc(SCC(=O)Nc2nc(-c3ccc(OCC)cc3)c(C)s2)n1C. The number of unbranched alkanes of at least 4 members (excludes halogenated alkanes) is 4. The van der Waals surface area contributed by atoms with Crippen molar-refractivity contribution in [1.82, 2.24) is 19.7 Å². The lowest BCUT2D eigenvalue weighted by Gasteiger charge is -2.04. The van der Waals surface area contributed by atoms with E-state index < -0.39 is 0 Å². The molecule has 0 radical (unpaired) electrons. The fraction of sp³-hybridized carbons (Fsp3) is 0.500. The molecule has 0 saturated carbocycles. The van der Waals surface area contributed by atoms with Gasteiger partial charge in [-0.3, -0.25) is 4.79 Å². The predicted octanol–water partition coefficient (Wildman–Crippen LogP) is 5.89. The first-order valence-electron chi connectivity index (χ1n) is 11.5. The van der Waals surface area contributed by atoms with Crippen LogP contribution < -0.4 is 10.1 Å². The van der Waals surface area contributed by atoms with Crippen LogP contribution in [0.3, 0.4) is 0 Å². The lowest BCUT2D eigenvalue weighted by molar-refractivity contribution is -0.113. The van der Waals surface area contributed by atoms with Crippen molar-refractivity contribution in [3.63, 3.8) is 0 Å². The second kappa shape index (κ2) is 12.7. The van der Waals surface area contributed by atoms with Gasteiger partial charge in [-0.25, -0.2) is 4.98 Å². The molecule has 1 amide bonds. The number of carbonyl (C=O) groups is 1. The molecule has 178 valence electrons. The summed E-state index contributed by atoms with van der Waals surface area (Å²) in [5.41, 5.74) is 1.88. The molecule has 9 heteroatoms. The number of aryl methyl sites for hydroxylation is 2. The number of benzene rings is 1. The molecule has 2 heterocycles. The Hall–Kier alpha value is -2.39. The van der Waals surface area contributed by atoms with E-state index in [-0.39, 0.29) is 11.7 Å². The molecule has 0 unspecified atom stereocenters. The van der Waals surface area contributed by atoms with Gasteiger partial charge in [0.2, 0.25) is 5.91 Å². The zero-order valence-corrected chi connectivity index (χ0v) is 21.5. The average Bonchev–Trinajstić information content (AvgIpc) is 3.34. The van der Waals surface area contributed by atoms with E-state index in [1.165, 1.54) is 48.8 Å². The molecule has 0 aliphatic rings. The minimum absolute atomic E-state index is 0.101. The van der Waals surface area contributed by atoms with Gasteiger partial charge in [0.25, 0.3) is 0 Å². The Labute approximate surface area is 204 Å². The van der Waals surface area contributed by atoms with Gasteiger partial charge in [-0.2, -0.15) is 0 Å². The van der Waals surface area contributed by atoms with Crippen LogP contribution in [-0.4, -0.2) is 38.0 Å². The van der Waals surface area contributed by atoms with Crippen LogP contribution in [0, 0.1) is 6.92 Å². The number of carbonyl (C=O) groups excluding carboxylic acids is 1. The molecule has 0 aliphatic heterocycles. The third-order valence-electron chi connectivity index (χ3n) is 5.24. The van der Waals surface area contributed by atoms with Crippen LogP contribution in [0.5, 0.6) is 5.75 Å². The maximum atomic E-state index is 12.5. The van der Waals surface area contributed by atoms with Gasteiger partial charge in [-0.05, 0) is 44.5 Å². The number of nitrogens with zero attached hydrogens (tertiary/aromatic N) is 4. The number of ether oxygens (including phenoxy) is 1. The van der Waals surface area contributed by atoms with E-state index >= 15 is 0 Å². The third kappa shape index (κ3) is 7.30. The molecule has 3 aromatic rings. The maximum absolute atomic E-state index is 12.5. The van der Waals surface area contributed by atoms with Crippen molar-refractivity contribution in [2.75, 3.05) is 17.7 Å². The molecule has 2 aromatic heterocycles. The van der Waals surface area contributed by atoms with E-state index in [0.717, 1.165) is 45.7 Å². The molecule has 0 spiro atoms. The number of amides is 1. The van der Waals surface area contributed by atoms with E-state index in [2.05, 4.69) is 27.4 Å². The topological polar surface area (TPSA) is 81.9 Å². The highest BCUT2D eigenvalue weighted by atomic mass is 32.2. The Bertz CT molecular complexity index is 1030. The van der Waals surface area contributed by atoms with Gasteiger partial charge in [0.05, 0.1) is 18.1 Å². The second-order valence-corrected chi connectivity index (χ2v) is 9.99. The maximum Gasteiger partial charge on any atom is 0.236 e. The minimum atomic E-state index is -0.101. The zero-order chi connectivity index (χ0) is 23.6. The fourth-order valence-electron chi connectivity index (χ4n) is 3.45. The van der Waals surface area contributed by atoms with E-state index in [0.29, 0.717) is 11.7 Å². The largest absolute Gasteiger partial charge is 0.494 e. The van der Waals surface area contributed by atoms with E-state index in [1.807, 2.05) is 49.7 Å². The Kier molecular flexibility index (Phi) is 9.75. The Morgan fingerprint density at radius 3 is 2.61 bits per heavy atom. The molecule has 0 atom stereocenters. The summed E-state index contributed by atoms with van der Waals surface area (Å²) in [6.45, 7) is 6.83. The highest BCUT2D eigenvalue weighted by Gasteiger charge is 2.15.